The van der Waals surface area contributed by atoms with Crippen LogP contribution in [-0.4, -0.2) is 42.0 Å². The van der Waals surface area contributed by atoms with Gasteiger partial charge in [-0.05, 0) is 32.1 Å². The Morgan fingerprint density at radius 2 is 2.14 bits per heavy atom. The molecule has 0 unspecified atom stereocenters. The Morgan fingerprint density at radius 3 is 2.67 bits per heavy atom. The Balaban J connectivity index is 2.06. The molecule has 0 bridgehead atoms. The minimum absolute atomic E-state index is 0.0000548. The van der Waals surface area contributed by atoms with Crippen molar-refractivity contribution in [3.8, 4) is 0 Å². The SMILES string of the molecule is COC(=O)CC1(CS(=O)(=O)Cc2ncnn2C(C)C)CC1. The van der Waals surface area contributed by atoms with E-state index < -0.39 is 15.3 Å². The predicted molar refractivity (Wildman–Crippen MR) is 76.2 cm³/mol. The van der Waals surface area contributed by atoms with E-state index in [0.717, 1.165) is 12.8 Å². The van der Waals surface area contributed by atoms with Crippen LogP contribution < -0.4 is 0 Å². The molecular weight excluding hydrogens is 294 g/mol. The summed E-state index contributed by atoms with van der Waals surface area (Å²) in [7, 11) is -2.02. The van der Waals surface area contributed by atoms with E-state index in [1.807, 2.05) is 13.8 Å². The van der Waals surface area contributed by atoms with E-state index in [2.05, 4.69) is 14.8 Å². The Hall–Kier alpha value is -1.44. The molecule has 0 radical (unpaired) electrons. The number of carbonyl (C=O) groups is 1. The molecule has 1 aliphatic carbocycles. The zero-order valence-corrected chi connectivity index (χ0v) is 13.4. The van der Waals surface area contributed by atoms with Crippen LogP contribution in [0.15, 0.2) is 6.33 Å². The molecule has 0 aliphatic heterocycles. The largest absolute Gasteiger partial charge is 0.469 e. The zero-order chi connectivity index (χ0) is 15.7. The number of sulfone groups is 1. The molecule has 1 saturated carbocycles. The van der Waals surface area contributed by atoms with E-state index in [9.17, 15) is 13.2 Å². The summed E-state index contributed by atoms with van der Waals surface area (Å²) >= 11 is 0. The highest BCUT2D eigenvalue weighted by atomic mass is 32.2. The number of ether oxygens (including phenoxy) is 1. The van der Waals surface area contributed by atoms with E-state index in [0.29, 0.717) is 5.82 Å². The summed E-state index contributed by atoms with van der Waals surface area (Å²) in [6, 6.07) is 0.0580. The minimum Gasteiger partial charge on any atom is -0.469 e. The van der Waals surface area contributed by atoms with Crippen LogP contribution in [0.4, 0.5) is 0 Å². The van der Waals surface area contributed by atoms with E-state index in [4.69, 9.17) is 0 Å². The average Bonchev–Trinajstić information content (AvgIpc) is 2.94. The van der Waals surface area contributed by atoms with Gasteiger partial charge in [0.05, 0.1) is 19.3 Å². The lowest BCUT2D eigenvalue weighted by molar-refractivity contribution is -0.141. The molecule has 1 aromatic heterocycles. The maximum absolute atomic E-state index is 12.4. The van der Waals surface area contributed by atoms with Crippen LogP contribution in [0.2, 0.25) is 0 Å². The quantitative estimate of drug-likeness (QED) is 0.700. The molecular formula is C13H21N3O4S. The summed E-state index contributed by atoms with van der Waals surface area (Å²) in [5.41, 5.74) is -0.436. The summed E-state index contributed by atoms with van der Waals surface area (Å²) < 4.78 is 31.0. The molecule has 8 heteroatoms. The van der Waals surface area contributed by atoms with Crippen LogP contribution in [0.3, 0.4) is 0 Å². The maximum atomic E-state index is 12.4. The van der Waals surface area contributed by atoms with Gasteiger partial charge in [-0.15, -0.1) is 0 Å². The molecule has 1 aliphatic rings. The van der Waals surface area contributed by atoms with Gasteiger partial charge in [0.2, 0.25) is 0 Å². The number of hydrogen-bond donors (Lipinski definition) is 0. The summed E-state index contributed by atoms with van der Waals surface area (Å²) in [4.78, 5) is 15.4. The standard InChI is InChI=1S/C13H21N3O4S/c1-10(2)16-11(14-9-15-16)7-21(18,19)8-13(4-5-13)6-12(17)20-3/h9-10H,4-8H2,1-3H3. The highest BCUT2D eigenvalue weighted by molar-refractivity contribution is 7.90. The van der Waals surface area contributed by atoms with Crippen molar-refractivity contribution in [1.29, 1.82) is 0 Å². The van der Waals surface area contributed by atoms with Crippen molar-refractivity contribution in [2.24, 2.45) is 5.41 Å². The van der Waals surface area contributed by atoms with Crippen LogP contribution in [-0.2, 0) is 25.1 Å². The van der Waals surface area contributed by atoms with Crippen LogP contribution in [0.25, 0.3) is 0 Å². The topological polar surface area (TPSA) is 91.2 Å². The summed E-state index contributed by atoms with van der Waals surface area (Å²) in [5, 5.41) is 4.04. The van der Waals surface area contributed by atoms with E-state index >= 15 is 0 Å². The van der Waals surface area contributed by atoms with Crippen LogP contribution in [0.5, 0.6) is 0 Å². The van der Waals surface area contributed by atoms with Crippen molar-refractivity contribution >= 4 is 15.8 Å². The highest BCUT2D eigenvalue weighted by Gasteiger charge is 2.48. The number of rotatable bonds is 7. The third kappa shape index (κ3) is 4.03. The number of aromatic nitrogens is 3. The lowest BCUT2D eigenvalue weighted by atomic mass is 10.1. The van der Waals surface area contributed by atoms with Gasteiger partial charge in [-0.25, -0.2) is 18.1 Å². The van der Waals surface area contributed by atoms with Crippen molar-refractivity contribution in [3.63, 3.8) is 0 Å². The third-order valence-corrected chi connectivity index (χ3v) is 5.47. The lowest BCUT2D eigenvalue weighted by Crippen LogP contribution is -2.23. The number of hydrogen-bond acceptors (Lipinski definition) is 6. The zero-order valence-electron chi connectivity index (χ0n) is 12.6. The fraction of sp³-hybridized carbons (Fsp3) is 0.769. The second kappa shape index (κ2) is 5.75. The normalized spacial score (nSPS) is 17.0. The first-order chi connectivity index (χ1) is 9.77. The van der Waals surface area contributed by atoms with E-state index in [1.54, 1.807) is 4.68 Å². The van der Waals surface area contributed by atoms with Gasteiger partial charge >= 0.3 is 5.97 Å². The van der Waals surface area contributed by atoms with Gasteiger partial charge < -0.3 is 4.74 Å². The molecule has 118 valence electrons. The molecule has 7 nitrogen and oxygen atoms in total. The van der Waals surface area contributed by atoms with Crippen molar-refractivity contribution in [1.82, 2.24) is 14.8 Å². The smallest absolute Gasteiger partial charge is 0.306 e. The Labute approximate surface area is 124 Å². The molecule has 0 atom stereocenters. The number of esters is 1. The van der Waals surface area contributed by atoms with Gasteiger partial charge in [0, 0.05) is 6.04 Å². The van der Waals surface area contributed by atoms with Crippen LogP contribution in [0, 0.1) is 5.41 Å². The van der Waals surface area contributed by atoms with Crippen molar-refractivity contribution in [2.75, 3.05) is 12.9 Å². The monoisotopic (exact) mass is 315 g/mol. The fourth-order valence-corrected chi connectivity index (χ4v) is 4.48. The molecule has 2 rings (SSSR count). The second-order valence-electron chi connectivity index (χ2n) is 6.00. The van der Waals surface area contributed by atoms with Crippen molar-refractivity contribution < 1.29 is 17.9 Å². The lowest BCUT2D eigenvalue weighted by Gasteiger charge is -2.14. The molecule has 1 fully saturated rings. The van der Waals surface area contributed by atoms with E-state index in [-0.39, 0.29) is 29.9 Å². The third-order valence-electron chi connectivity index (χ3n) is 3.72. The average molecular weight is 315 g/mol. The van der Waals surface area contributed by atoms with Crippen LogP contribution in [0.1, 0.15) is 45.0 Å². The van der Waals surface area contributed by atoms with Crippen molar-refractivity contribution in [2.45, 2.75) is 44.9 Å². The van der Waals surface area contributed by atoms with Gasteiger partial charge in [-0.2, -0.15) is 5.10 Å². The Bertz CT molecular complexity index is 617. The van der Waals surface area contributed by atoms with Gasteiger partial charge in [0.15, 0.2) is 9.84 Å². The first kappa shape index (κ1) is 15.9. The molecule has 21 heavy (non-hydrogen) atoms. The molecule has 0 N–H and O–H groups in total. The van der Waals surface area contributed by atoms with Gasteiger partial charge in [0.25, 0.3) is 0 Å². The number of methoxy groups -OCH3 is 1. The molecule has 0 aromatic carbocycles. The number of carbonyl (C=O) groups excluding carboxylic acids is 1. The molecule has 0 spiro atoms. The van der Waals surface area contributed by atoms with Gasteiger partial charge in [-0.1, -0.05) is 0 Å². The molecule has 1 aromatic rings. The Kier molecular flexibility index (Phi) is 4.36. The maximum Gasteiger partial charge on any atom is 0.306 e. The first-order valence-electron chi connectivity index (χ1n) is 6.93. The van der Waals surface area contributed by atoms with Crippen LogP contribution >= 0.6 is 0 Å². The minimum atomic E-state index is -3.34. The second-order valence-corrected chi connectivity index (χ2v) is 8.06. The van der Waals surface area contributed by atoms with E-state index in [1.165, 1.54) is 13.4 Å². The summed E-state index contributed by atoms with van der Waals surface area (Å²) in [6.45, 7) is 3.84. The fourth-order valence-electron chi connectivity index (χ4n) is 2.45. The van der Waals surface area contributed by atoms with Gasteiger partial charge in [0.1, 0.15) is 17.9 Å². The van der Waals surface area contributed by atoms with Crippen molar-refractivity contribution in [3.05, 3.63) is 12.2 Å². The Morgan fingerprint density at radius 1 is 1.48 bits per heavy atom. The predicted octanol–water partition coefficient (Wildman–Crippen LogP) is 1.12. The molecule has 1 heterocycles. The van der Waals surface area contributed by atoms with Gasteiger partial charge in [-0.3, -0.25) is 4.79 Å². The molecule has 0 saturated heterocycles. The summed E-state index contributed by atoms with van der Waals surface area (Å²) in [6.07, 6.45) is 3.03. The highest BCUT2D eigenvalue weighted by Crippen LogP contribution is 2.50. The number of nitrogens with zero attached hydrogens (tertiary/aromatic N) is 3. The summed E-state index contributed by atoms with van der Waals surface area (Å²) in [5.74, 6) is -0.0549. The molecule has 0 amide bonds. The first-order valence-corrected chi connectivity index (χ1v) is 8.75.